The van der Waals surface area contributed by atoms with Crippen molar-refractivity contribution in [1.29, 1.82) is 0 Å². The van der Waals surface area contributed by atoms with Gasteiger partial charge in [-0.2, -0.15) is 0 Å². The highest BCUT2D eigenvalue weighted by molar-refractivity contribution is 7.19. The molecule has 1 nitrogen and oxygen atoms in total. The summed E-state index contributed by atoms with van der Waals surface area (Å²) in [6, 6.07) is 4.19. The van der Waals surface area contributed by atoms with Crippen LogP contribution in [0.25, 0.3) is 10.2 Å². The lowest BCUT2D eigenvalue weighted by molar-refractivity contribution is 1.38. The number of thiophene rings is 1. The summed E-state index contributed by atoms with van der Waals surface area (Å²) < 4.78 is 1.32. The van der Waals surface area contributed by atoms with Crippen molar-refractivity contribution in [2.75, 3.05) is 0 Å². The first kappa shape index (κ1) is 18.5. The van der Waals surface area contributed by atoms with Crippen LogP contribution in [0.4, 0.5) is 0 Å². The fourth-order valence-electron chi connectivity index (χ4n) is 1.18. The lowest BCUT2D eigenvalue weighted by Crippen LogP contribution is -1.73. The summed E-state index contributed by atoms with van der Waals surface area (Å²) in [7, 11) is 0. The van der Waals surface area contributed by atoms with E-state index in [0.717, 1.165) is 5.52 Å². The van der Waals surface area contributed by atoms with E-state index in [1.54, 1.807) is 0 Å². The van der Waals surface area contributed by atoms with E-state index < -0.39 is 0 Å². The molecule has 0 aromatic carbocycles. The van der Waals surface area contributed by atoms with Gasteiger partial charge >= 0.3 is 0 Å². The van der Waals surface area contributed by atoms with Crippen molar-refractivity contribution in [2.45, 2.75) is 55.4 Å². The number of hydrogen-bond acceptors (Lipinski definition) is 2. The summed E-state index contributed by atoms with van der Waals surface area (Å²) in [4.78, 5) is 5.61. The van der Waals surface area contributed by atoms with Gasteiger partial charge in [0.2, 0.25) is 0 Å². The molecule has 0 N–H and O–H groups in total. The Morgan fingerprint density at radius 1 is 0.941 bits per heavy atom. The van der Waals surface area contributed by atoms with E-state index >= 15 is 0 Å². The molecule has 0 amide bonds. The van der Waals surface area contributed by atoms with E-state index in [2.05, 4.69) is 31.0 Å². The smallest absolute Gasteiger partial charge is 0.0815 e. The van der Waals surface area contributed by atoms with Crippen LogP contribution in [-0.4, -0.2) is 4.98 Å². The molecule has 0 spiro atoms. The number of aryl methyl sites for hydroxylation is 2. The zero-order valence-corrected chi connectivity index (χ0v) is 13.4. The SMILES string of the molecule is CC.CC.CC.Cc1cc2nccc(C)c2s1. The molecule has 2 aromatic rings. The molecule has 0 aliphatic heterocycles. The first-order valence-corrected chi connectivity index (χ1v) is 7.41. The molecule has 0 aliphatic carbocycles. The number of fused-ring (bicyclic) bond motifs is 1. The Morgan fingerprint density at radius 2 is 1.47 bits per heavy atom. The Labute approximate surface area is 111 Å². The second kappa shape index (κ2) is 11.6. The molecule has 2 heteroatoms. The summed E-state index contributed by atoms with van der Waals surface area (Å²) >= 11 is 1.82. The van der Waals surface area contributed by atoms with Gasteiger partial charge in [-0.05, 0) is 31.5 Å². The molecule has 0 radical (unpaired) electrons. The van der Waals surface area contributed by atoms with Crippen LogP contribution in [0.5, 0.6) is 0 Å². The van der Waals surface area contributed by atoms with Crippen molar-refractivity contribution >= 4 is 21.6 Å². The van der Waals surface area contributed by atoms with Crippen molar-refractivity contribution in [3.8, 4) is 0 Å². The highest BCUT2D eigenvalue weighted by Crippen LogP contribution is 2.25. The molecule has 0 bridgehead atoms. The van der Waals surface area contributed by atoms with E-state index in [1.807, 2.05) is 59.1 Å². The Hall–Kier alpha value is -0.890. The van der Waals surface area contributed by atoms with Gasteiger partial charge in [0, 0.05) is 11.1 Å². The highest BCUT2D eigenvalue weighted by Gasteiger charge is 2.00. The Kier molecular flexibility index (Phi) is 12.6. The van der Waals surface area contributed by atoms with Gasteiger partial charge in [0.1, 0.15) is 0 Å². The average molecular weight is 253 g/mol. The lowest BCUT2D eigenvalue weighted by atomic mass is 10.3. The fourth-order valence-corrected chi connectivity index (χ4v) is 2.12. The van der Waals surface area contributed by atoms with Crippen LogP contribution in [0.3, 0.4) is 0 Å². The van der Waals surface area contributed by atoms with Crippen molar-refractivity contribution in [1.82, 2.24) is 4.98 Å². The summed E-state index contributed by atoms with van der Waals surface area (Å²) in [5, 5.41) is 0. The van der Waals surface area contributed by atoms with Crippen molar-refractivity contribution in [3.63, 3.8) is 0 Å². The van der Waals surface area contributed by atoms with Gasteiger partial charge in [0.25, 0.3) is 0 Å². The third kappa shape index (κ3) is 5.83. The molecular weight excluding hydrogens is 226 g/mol. The molecule has 0 saturated heterocycles. The third-order valence-electron chi connectivity index (χ3n) is 1.73. The molecule has 0 unspecified atom stereocenters. The quantitative estimate of drug-likeness (QED) is 0.562. The average Bonchev–Trinajstić information content (AvgIpc) is 2.79. The maximum Gasteiger partial charge on any atom is 0.0815 e. The minimum Gasteiger partial charge on any atom is -0.255 e. The number of nitrogens with zero attached hydrogens (tertiary/aromatic N) is 1. The largest absolute Gasteiger partial charge is 0.255 e. The minimum absolute atomic E-state index is 1.13. The van der Waals surface area contributed by atoms with Crippen LogP contribution in [0.2, 0.25) is 0 Å². The van der Waals surface area contributed by atoms with Gasteiger partial charge in [-0.25, -0.2) is 0 Å². The monoisotopic (exact) mass is 253 g/mol. The predicted molar refractivity (Wildman–Crippen MR) is 83.1 cm³/mol. The van der Waals surface area contributed by atoms with Gasteiger partial charge in [-0.1, -0.05) is 41.5 Å². The topological polar surface area (TPSA) is 12.9 Å². The standard InChI is InChI=1S/C9H9NS.3C2H6/c1-6-3-4-10-8-5-7(2)11-9(6)8;3*1-2/h3-5H,1-2H3;3*1-2H3. The van der Waals surface area contributed by atoms with Crippen LogP contribution in [0.15, 0.2) is 18.3 Å². The molecule has 0 atom stereocenters. The van der Waals surface area contributed by atoms with Crippen LogP contribution < -0.4 is 0 Å². The Morgan fingerprint density at radius 3 is 1.94 bits per heavy atom. The van der Waals surface area contributed by atoms with E-state index in [-0.39, 0.29) is 0 Å². The number of rotatable bonds is 0. The fraction of sp³-hybridized carbons (Fsp3) is 0.533. The van der Waals surface area contributed by atoms with Crippen molar-refractivity contribution in [2.24, 2.45) is 0 Å². The van der Waals surface area contributed by atoms with E-state index in [4.69, 9.17) is 0 Å². The van der Waals surface area contributed by atoms with E-state index in [0.29, 0.717) is 0 Å². The molecular formula is C15H27NS. The summed E-state index contributed by atoms with van der Waals surface area (Å²) in [6.07, 6.45) is 1.86. The predicted octanol–water partition coefficient (Wildman–Crippen LogP) is 5.99. The van der Waals surface area contributed by atoms with Gasteiger partial charge in [0.05, 0.1) is 10.2 Å². The summed E-state index contributed by atoms with van der Waals surface area (Å²) in [6.45, 7) is 16.2. The van der Waals surface area contributed by atoms with Crippen LogP contribution in [-0.2, 0) is 0 Å². The molecule has 0 aliphatic rings. The second-order valence-corrected chi connectivity index (χ2v) is 3.96. The van der Waals surface area contributed by atoms with Gasteiger partial charge < -0.3 is 0 Å². The first-order valence-electron chi connectivity index (χ1n) is 6.59. The Balaban J connectivity index is 0. The molecule has 2 heterocycles. The molecule has 0 fully saturated rings. The molecule has 98 valence electrons. The van der Waals surface area contributed by atoms with Crippen molar-refractivity contribution in [3.05, 3.63) is 28.8 Å². The van der Waals surface area contributed by atoms with Crippen molar-refractivity contribution < 1.29 is 0 Å². The second-order valence-electron chi connectivity index (χ2n) is 2.70. The maximum atomic E-state index is 4.27. The number of hydrogen-bond donors (Lipinski definition) is 0. The first-order chi connectivity index (χ1) is 8.27. The van der Waals surface area contributed by atoms with Gasteiger partial charge in [-0.15, -0.1) is 11.3 Å². The minimum atomic E-state index is 1.13. The van der Waals surface area contributed by atoms with E-state index in [9.17, 15) is 0 Å². The highest BCUT2D eigenvalue weighted by atomic mass is 32.1. The van der Waals surface area contributed by atoms with Crippen LogP contribution in [0, 0.1) is 13.8 Å². The molecule has 2 aromatic heterocycles. The zero-order valence-electron chi connectivity index (χ0n) is 12.6. The normalized spacial score (nSPS) is 8.00. The zero-order chi connectivity index (χ0) is 13.8. The summed E-state index contributed by atoms with van der Waals surface area (Å²) in [5.41, 5.74) is 2.46. The van der Waals surface area contributed by atoms with Crippen LogP contribution >= 0.6 is 11.3 Å². The molecule has 2 rings (SSSR count). The Bertz CT molecular complexity index is 391. The number of pyridine rings is 1. The van der Waals surface area contributed by atoms with Gasteiger partial charge in [0.15, 0.2) is 0 Å². The van der Waals surface area contributed by atoms with Gasteiger partial charge in [-0.3, -0.25) is 4.98 Å². The molecule has 17 heavy (non-hydrogen) atoms. The summed E-state index contributed by atoms with van der Waals surface area (Å²) in [5.74, 6) is 0. The van der Waals surface area contributed by atoms with Crippen LogP contribution in [0.1, 0.15) is 52.0 Å². The third-order valence-corrected chi connectivity index (χ3v) is 2.91. The lowest BCUT2D eigenvalue weighted by Gasteiger charge is -1.90. The number of aromatic nitrogens is 1. The van der Waals surface area contributed by atoms with E-state index in [1.165, 1.54) is 15.1 Å². The maximum absolute atomic E-state index is 4.27. The molecule has 0 saturated carbocycles.